The molecule has 2 heterocycles. The van der Waals surface area contributed by atoms with Gasteiger partial charge in [0.05, 0.1) is 6.42 Å². The summed E-state index contributed by atoms with van der Waals surface area (Å²) in [4.78, 5) is 16.6. The Bertz CT molecular complexity index is 919. The number of carbonyl (C=O) groups excluding carboxylic acids is 1. The standard InChI is InChI=1S/C21H22FN5O/c1-14-13-26(8-9-27(14)20-7-5-17(12-23)24-25-20)21(28)11-15-2-6-18(16-3-4-16)19(22)10-15/h2,5-7,10,14,16H,3-4,8-9,11,13H2,1H3/t14-/m1/s1. The molecule has 1 atom stereocenters. The van der Waals surface area contributed by atoms with Crippen LogP contribution in [0.2, 0.25) is 0 Å². The van der Waals surface area contributed by atoms with E-state index in [1.54, 1.807) is 12.1 Å². The predicted octanol–water partition coefficient (Wildman–Crippen LogP) is 2.64. The van der Waals surface area contributed by atoms with Gasteiger partial charge in [-0.2, -0.15) is 5.26 Å². The third kappa shape index (κ3) is 3.81. The van der Waals surface area contributed by atoms with Gasteiger partial charge in [-0.3, -0.25) is 4.79 Å². The zero-order valence-electron chi connectivity index (χ0n) is 15.8. The molecule has 1 aliphatic carbocycles. The molecule has 1 aromatic heterocycles. The van der Waals surface area contributed by atoms with Gasteiger partial charge in [-0.25, -0.2) is 4.39 Å². The topological polar surface area (TPSA) is 73.1 Å². The molecule has 0 spiro atoms. The van der Waals surface area contributed by atoms with Crippen LogP contribution in [0.3, 0.4) is 0 Å². The number of halogens is 1. The van der Waals surface area contributed by atoms with E-state index in [-0.39, 0.29) is 29.9 Å². The number of nitrogens with zero attached hydrogens (tertiary/aromatic N) is 5. The van der Waals surface area contributed by atoms with Crippen LogP contribution in [0.15, 0.2) is 30.3 Å². The van der Waals surface area contributed by atoms with Crippen molar-refractivity contribution in [2.75, 3.05) is 24.5 Å². The third-order valence-corrected chi connectivity index (χ3v) is 5.48. The maximum Gasteiger partial charge on any atom is 0.227 e. The van der Waals surface area contributed by atoms with Crippen LogP contribution in [-0.2, 0) is 11.2 Å². The molecule has 6 nitrogen and oxygen atoms in total. The highest BCUT2D eigenvalue weighted by Crippen LogP contribution is 2.41. The first kappa shape index (κ1) is 18.4. The number of anilines is 1. The van der Waals surface area contributed by atoms with E-state index in [0.29, 0.717) is 31.4 Å². The maximum absolute atomic E-state index is 14.2. The Hall–Kier alpha value is -3.01. The van der Waals surface area contributed by atoms with E-state index in [1.807, 2.05) is 30.0 Å². The second-order valence-electron chi connectivity index (χ2n) is 7.58. The van der Waals surface area contributed by atoms with E-state index in [4.69, 9.17) is 5.26 Å². The van der Waals surface area contributed by atoms with Gasteiger partial charge in [-0.15, -0.1) is 10.2 Å². The van der Waals surface area contributed by atoms with Gasteiger partial charge < -0.3 is 9.80 Å². The van der Waals surface area contributed by atoms with Crippen molar-refractivity contribution < 1.29 is 9.18 Å². The maximum atomic E-state index is 14.2. The minimum atomic E-state index is -0.189. The van der Waals surface area contributed by atoms with Crippen molar-refractivity contribution in [1.82, 2.24) is 15.1 Å². The van der Waals surface area contributed by atoms with E-state index in [9.17, 15) is 9.18 Å². The highest BCUT2D eigenvalue weighted by atomic mass is 19.1. The van der Waals surface area contributed by atoms with Gasteiger partial charge in [-0.05, 0) is 55.0 Å². The summed E-state index contributed by atoms with van der Waals surface area (Å²) >= 11 is 0. The smallest absolute Gasteiger partial charge is 0.227 e. The van der Waals surface area contributed by atoms with Crippen LogP contribution in [0.5, 0.6) is 0 Å². The van der Waals surface area contributed by atoms with Crippen LogP contribution < -0.4 is 4.90 Å². The zero-order chi connectivity index (χ0) is 19.7. The van der Waals surface area contributed by atoms with E-state index >= 15 is 0 Å². The Kier molecular flexibility index (Phi) is 4.95. The molecule has 2 fully saturated rings. The van der Waals surface area contributed by atoms with Crippen LogP contribution in [0.1, 0.15) is 42.5 Å². The number of rotatable bonds is 4. The average molecular weight is 379 g/mol. The number of amides is 1. The minimum Gasteiger partial charge on any atom is -0.349 e. The average Bonchev–Trinajstić information content (AvgIpc) is 3.53. The van der Waals surface area contributed by atoms with Crippen molar-refractivity contribution in [3.05, 3.63) is 53.0 Å². The number of nitriles is 1. The molecule has 1 saturated carbocycles. The Morgan fingerprint density at radius 2 is 2.07 bits per heavy atom. The van der Waals surface area contributed by atoms with Gasteiger partial charge in [0.1, 0.15) is 11.9 Å². The summed E-state index contributed by atoms with van der Waals surface area (Å²) in [7, 11) is 0. The predicted molar refractivity (Wildman–Crippen MR) is 102 cm³/mol. The molecule has 1 saturated heterocycles. The summed E-state index contributed by atoms with van der Waals surface area (Å²) in [5, 5.41) is 16.8. The first-order valence-electron chi connectivity index (χ1n) is 9.61. The van der Waals surface area contributed by atoms with Gasteiger partial charge in [-0.1, -0.05) is 12.1 Å². The van der Waals surface area contributed by atoms with Crippen molar-refractivity contribution in [1.29, 1.82) is 5.26 Å². The van der Waals surface area contributed by atoms with E-state index in [2.05, 4.69) is 15.1 Å². The molecule has 7 heteroatoms. The van der Waals surface area contributed by atoms with Gasteiger partial charge in [0, 0.05) is 25.7 Å². The summed E-state index contributed by atoms with van der Waals surface area (Å²) in [6, 6.07) is 10.7. The number of carbonyl (C=O) groups is 1. The second kappa shape index (κ2) is 7.55. The number of piperazine rings is 1. The second-order valence-corrected chi connectivity index (χ2v) is 7.58. The van der Waals surface area contributed by atoms with E-state index in [1.165, 1.54) is 6.07 Å². The third-order valence-electron chi connectivity index (χ3n) is 5.48. The molecule has 0 unspecified atom stereocenters. The van der Waals surface area contributed by atoms with Crippen LogP contribution in [-0.4, -0.2) is 46.7 Å². The number of benzene rings is 1. The molecule has 1 amide bonds. The summed E-state index contributed by atoms with van der Waals surface area (Å²) in [5.74, 6) is 0.890. The highest BCUT2D eigenvalue weighted by Gasteiger charge is 2.29. The first-order valence-corrected chi connectivity index (χ1v) is 9.61. The molecule has 144 valence electrons. The van der Waals surface area contributed by atoms with Crippen molar-refractivity contribution in [3.63, 3.8) is 0 Å². The van der Waals surface area contributed by atoms with Crippen LogP contribution >= 0.6 is 0 Å². The molecule has 0 radical (unpaired) electrons. The van der Waals surface area contributed by atoms with Crippen molar-refractivity contribution in [2.24, 2.45) is 0 Å². The number of aromatic nitrogens is 2. The van der Waals surface area contributed by atoms with Crippen molar-refractivity contribution in [2.45, 2.75) is 38.1 Å². The molecule has 2 aliphatic rings. The fourth-order valence-corrected chi connectivity index (χ4v) is 3.75. The molecule has 4 rings (SSSR count). The first-order chi connectivity index (χ1) is 13.5. The minimum absolute atomic E-state index is 0.0102. The van der Waals surface area contributed by atoms with E-state index < -0.39 is 0 Å². The van der Waals surface area contributed by atoms with Crippen LogP contribution in [0, 0.1) is 17.1 Å². The monoisotopic (exact) mass is 379 g/mol. The van der Waals surface area contributed by atoms with Crippen LogP contribution in [0.4, 0.5) is 10.2 Å². The normalized spacial score (nSPS) is 19.4. The summed E-state index contributed by atoms with van der Waals surface area (Å²) in [5.41, 5.74) is 1.78. The summed E-state index contributed by atoms with van der Waals surface area (Å²) < 4.78 is 14.2. The largest absolute Gasteiger partial charge is 0.349 e. The Labute approximate surface area is 163 Å². The lowest BCUT2D eigenvalue weighted by Crippen LogP contribution is -2.54. The quantitative estimate of drug-likeness (QED) is 0.817. The fourth-order valence-electron chi connectivity index (χ4n) is 3.75. The number of hydrogen-bond acceptors (Lipinski definition) is 5. The zero-order valence-corrected chi connectivity index (χ0v) is 15.8. The van der Waals surface area contributed by atoms with E-state index in [0.717, 1.165) is 24.0 Å². The van der Waals surface area contributed by atoms with Gasteiger partial charge in [0.2, 0.25) is 5.91 Å². The highest BCUT2D eigenvalue weighted by molar-refractivity contribution is 5.79. The lowest BCUT2D eigenvalue weighted by molar-refractivity contribution is -0.131. The molecule has 1 aromatic carbocycles. The summed E-state index contributed by atoms with van der Waals surface area (Å²) in [6.45, 7) is 3.82. The number of hydrogen-bond donors (Lipinski definition) is 0. The molecular weight excluding hydrogens is 357 g/mol. The molecular formula is C21H22FN5O. The fraction of sp³-hybridized carbons (Fsp3) is 0.429. The Morgan fingerprint density at radius 3 is 2.68 bits per heavy atom. The molecule has 1 aliphatic heterocycles. The Morgan fingerprint density at radius 1 is 1.25 bits per heavy atom. The van der Waals surface area contributed by atoms with Gasteiger partial charge in [0.15, 0.2) is 11.5 Å². The molecule has 28 heavy (non-hydrogen) atoms. The SMILES string of the molecule is C[C@@H]1CN(C(=O)Cc2ccc(C3CC3)c(F)c2)CCN1c1ccc(C#N)nn1. The van der Waals surface area contributed by atoms with Crippen molar-refractivity contribution in [3.8, 4) is 6.07 Å². The summed E-state index contributed by atoms with van der Waals surface area (Å²) in [6.07, 6.45) is 2.33. The lowest BCUT2D eigenvalue weighted by atomic mass is 10.0. The molecule has 0 N–H and O–H groups in total. The van der Waals surface area contributed by atoms with Crippen molar-refractivity contribution >= 4 is 11.7 Å². The van der Waals surface area contributed by atoms with Gasteiger partial charge in [0.25, 0.3) is 0 Å². The Balaban J connectivity index is 1.37. The lowest BCUT2D eigenvalue weighted by Gasteiger charge is -2.40. The molecule has 2 aromatic rings. The van der Waals surface area contributed by atoms with Gasteiger partial charge >= 0.3 is 0 Å². The molecule has 0 bridgehead atoms. The van der Waals surface area contributed by atoms with Crippen LogP contribution in [0.25, 0.3) is 0 Å².